The molecule has 0 radical (unpaired) electrons. The Morgan fingerprint density at radius 3 is 2.54 bits per heavy atom. The Morgan fingerprint density at radius 1 is 1.27 bits per heavy atom. The summed E-state index contributed by atoms with van der Waals surface area (Å²) in [6.07, 6.45) is 1.22. The fourth-order valence-corrected chi connectivity index (χ4v) is 3.56. The van der Waals surface area contributed by atoms with Crippen LogP contribution in [0.25, 0.3) is 0 Å². The molecule has 0 fully saturated rings. The van der Waals surface area contributed by atoms with Gasteiger partial charge in [-0.25, -0.2) is 5.06 Å². The van der Waals surface area contributed by atoms with Crippen LogP contribution >= 0.6 is 0 Å². The van der Waals surface area contributed by atoms with Gasteiger partial charge in [-0.05, 0) is 43.7 Å². The first-order valence-corrected chi connectivity index (χ1v) is 8.93. The SMILES string of the molecule is CON(C(=O)COC1=C(C)CC(C)(C)CC1=O)C(C)c1cccc(C)c1. The normalized spacial score (nSPS) is 17.8. The molecule has 0 N–H and O–H groups in total. The van der Waals surface area contributed by atoms with E-state index in [4.69, 9.17) is 9.57 Å². The molecule has 0 heterocycles. The minimum atomic E-state index is -0.320. The summed E-state index contributed by atoms with van der Waals surface area (Å²) in [5.41, 5.74) is 2.93. The van der Waals surface area contributed by atoms with Crippen molar-refractivity contribution in [3.05, 3.63) is 46.7 Å². The molecule has 0 saturated carbocycles. The van der Waals surface area contributed by atoms with Gasteiger partial charge in [0.25, 0.3) is 5.91 Å². The highest BCUT2D eigenvalue weighted by Crippen LogP contribution is 2.36. The number of hydroxylamine groups is 2. The van der Waals surface area contributed by atoms with Crippen LogP contribution in [0.15, 0.2) is 35.6 Å². The van der Waals surface area contributed by atoms with Crippen molar-refractivity contribution >= 4 is 11.7 Å². The Labute approximate surface area is 155 Å². The molecule has 2 rings (SSSR count). The molecule has 1 aromatic rings. The van der Waals surface area contributed by atoms with Crippen molar-refractivity contribution in [3.8, 4) is 0 Å². The van der Waals surface area contributed by atoms with E-state index in [-0.39, 0.29) is 29.8 Å². The minimum absolute atomic E-state index is 0.0396. The maximum absolute atomic E-state index is 12.6. The van der Waals surface area contributed by atoms with Crippen LogP contribution in [0.1, 0.15) is 57.7 Å². The van der Waals surface area contributed by atoms with Gasteiger partial charge in [-0.3, -0.25) is 14.4 Å². The Kier molecular flexibility index (Phi) is 6.24. The van der Waals surface area contributed by atoms with Crippen LogP contribution in [0, 0.1) is 12.3 Å². The summed E-state index contributed by atoms with van der Waals surface area (Å²) in [6.45, 7) is 9.70. The zero-order chi connectivity index (χ0) is 19.5. The van der Waals surface area contributed by atoms with Crippen molar-refractivity contribution in [2.75, 3.05) is 13.7 Å². The lowest BCUT2D eigenvalue weighted by Gasteiger charge is -2.31. The van der Waals surface area contributed by atoms with E-state index < -0.39 is 0 Å². The number of benzene rings is 1. The largest absolute Gasteiger partial charge is 0.480 e. The topological polar surface area (TPSA) is 55.8 Å². The van der Waals surface area contributed by atoms with E-state index in [1.54, 1.807) is 0 Å². The van der Waals surface area contributed by atoms with E-state index in [9.17, 15) is 9.59 Å². The molecular weight excluding hydrogens is 330 g/mol. The zero-order valence-corrected chi connectivity index (χ0v) is 16.6. The predicted octanol–water partition coefficient (Wildman–Crippen LogP) is 4.13. The van der Waals surface area contributed by atoms with Crippen LogP contribution in [0.5, 0.6) is 0 Å². The molecule has 1 aliphatic rings. The number of ether oxygens (including phenoxy) is 1. The van der Waals surface area contributed by atoms with Crippen molar-refractivity contribution in [3.63, 3.8) is 0 Å². The first-order chi connectivity index (χ1) is 12.1. The number of carbonyl (C=O) groups is 2. The lowest BCUT2D eigenvalue weighted by molar-refractivity contribution is -0.191. The van der Waals surface area contributed by atoms with Crippen molar-refractivity contribution in [1.82, 2.24) is 5.06 Å². The molecule has 1 aliphatic carbocycles. The molecule has 1 atom stereocenters. The third kappa shape index (κ3) is 4.73. The van der Waals surface area contributed by atoms with Crippen LogP contribution in [0.2, 0.25) is 0 Å². The van der Waals surface area contributed by atoms with Gasteiger partial charge in [-0.15, -0.1) is 0 Å². The quantitative estimate of drug-likeness (QED) is 0.717. The van der Waals surface area contributed by atoms with Gasteiger partial charge in [-0.1, -0.05) is 43.7 Å². The Morgan fingerprint density at radius 2 is 1.96 bits per heavy atom. The number of hydrogen-bond acceptors (Lipinski definition) is 4. The number of allylic oxidation sites excluding steroid dienone is 2. The van der Waals surface area contributed by atoms with E-state index in [0.29, 0.717) is 12.2 Å². The summed E-state index contributed by atoms with van der Waals surface area (Å²) in [7, 11) is 1.46. The number of nitrogens with zero attached hydrogens (tertiary/aromatic N) is 1. The van der Waals surface area contributed by atoms with Crippen LogP contribution in [-0.2, 0) is 19.2 Å². The second kappa shape index (κ2) is 8.04. The molecule has 5 heteroatoms. The van der Waals surface area contributed by atoms with Crippen LogP contribution in [-0.4, -0.2) is 30.5 Å². The van der Waals surface area contributed by atoms with Crippen molar-refractivity contribution < 1.29 is 19.2 Å². The molecule has 0 spiro atoms. The molecule has 26 heavy (non-hydrogen) atoms. The Hall–Kier alpha value is -2.14. The van der Waals surface area contributed by atoms with E-state index in [1.165, 1.54) is 12.2 Å². The van der Waals surface area contributed by atoms with Gasteiger partial charge in [-0.2, -0.15) is 0 Å². The fraction of sp³-hybridized carbons (Fsp3) is 0.524. The van der Waals surface area contributed by atoms with Crippen LogP contribution in [0.3, 0.4) is 0 Å². The first-order valence-electron chi connectivity index (χ1n) is 8.93. The van der Waals surface area contributed by atoms with E-state index in [1.807, 2.05) is 45.0 Å². The van der Waals surface area contributed by atoms with Gasteiger partial charge in [0.15, 0.2) is 18.1 Å². The van der Waals surface area contributed by atoms with Gasteiger partial charge in [0.1, 0.15) is 0 Å². The molecule has 1 amide bonds. The Bertz CT molecular complexity index is 720. The first kappa shape index (κ1) is 20.2. The number of amides is 1. The second-order valence-electron chi connectivity index (χ2n) is 7.83. The highest BCUT2D eigenvalue weighted by atomic mass is 16.7. The molecule has 1 aromatic carbocycles. The Balaban J connectivity index is 2.07. The molecular formula is C21H29NO4. The second-order valence-corrected chi connectivity index (χ2v) is 7.83. The lowest BCUT2D eigenvalue weighted by atomic mass is 9.76. The van der Waals surface area contributed by atoms with Crippen LogP contribution in [0.4, 0.5) is 0 Å². The van der Waals surface area contributed by atoms with Gasteiger partial charge >= 0.3 is 0 Å². The number of carbonyl (C=O) groups excluding carboxylic acids is 2. The number of Topliss-reactive ketones (excluding diaryl/α,β-unsaturated/α-hetero) is 1. The van der Waals surface area contributed by atoms with Gasteiger partial charge in [0.05, 0.1) is 13.2 Å². The van der Waals surface area contributed by atoms with Gasteiger partial charge in [0.2, 0.25) is 0 Å². The summed E-state index contributed by atoms with van der Waals surface area (Å²) in [4.78, 5) is 30.2. The highest BCUT2D eigenvalue weighted by molar-refractivity contribution is 5.96. The van der Waals surface area contributed by atoms with Crippen LogP contribution < -0.4 is 0 Å². The summed E-state index contributed by atoms with van der Waals surface area (Å²) >= 11 is 0. The van der Waals surface area contributed by atoms with Crippen molar-refractivity contribution in [2.45, 2.75) is 53.5 Å². The molecule has 1 unspecified atom stereocenters. The molecule has 0 bridgehead atoms. The van der Waals surface area contributed by atoms with E-state index >= 15 is 0 Å². The molecule has 5 nitrogen and oxygen atoms in total. The molecule has 142 valence electrons. The van der Waals surface area contributed by atoms with Crippen molar-refractivity contribution in [2.24, 2.45) is 5.41 Å². The number of rotatable bonds is 6. The van der Waals surface area contributed by atoms with Crippen molar-refractivity contribution in [1.29, 1.82) is 0 Å². The fourth-order valence-electron chi connectivity index (χ4n) is 3.56. The number of hydrogen-bond donors (Lipinski definition) is 0. The maximum Gasteiger partial charge on any atom is 0.284 e. The smallest absolute Gasteiger partial charge is 0.284 e. The van der Waals surface area contributed by atoms with E-state index in [2.05, 4.69) is 13.8 Å². The minimum Gasteiger partial charge on any atom is -0.480 e. The monoisotopic (exact) mass is 359 g/mol. The maximum atomic E-state index is 12.6. The third-order valence-electron chi connectivity index (χ3n) is 4.68. The third-order valence-corrected chi connectivity index (χ3v) is 4.68. The molecule has 0 saturated heterocycles. The average Bonchev–Trinajstić information content (AvgIpc) is 2.53. The summed E-state index contributed by atoms with van der Waals surface area (Å²) < 4.78 is 5.61. The molecule has 0 aliphatic heterocycles. The molecule has 0 aromatic heterocycles. The zero-order valence-electron chi connectivity index (χ0n) is 16.6. The number of aryl methyl sites for hydroxylation is 1. The number of ketones is 1. The summed E-state index contributed by atoms with van der Waals surface area (Å²) in [6, 6.07) is 7.67. The average molecular weight is 359 g/mol. The van der Waals surface area contributed by atoms with Gasteiger partial charge < -0.3 is 4.74 Å². The van der Waals surface area contributed by atoms with Gasteiger partial charge in [0, 0.05) is 6.42 Å². The standard InChI is InChI=1S/C21H29NO4/c1-14-8-7-9-17(10-14)16(3)22(25-6)19(24)13-26-20-15(2)11-21(4,5)12-18(20)23/h7-10,16H,11-13H2,1-6H3. The lowest BCUT2D eigenvalue weighted by Crippen LogP contribution is -2.36. The highest BCUT2D eigenvalue weighted by Gasteiger charge is 2.33. The van der Waals surface area contributed by atoms with E-state index in [0.717, 1.165) is 23.1 Å². The predicted molar refractivity (Wildman–Crippen MR) is 100 cm³/mol. The summed E-state index contributed by atoms with van der Waals surface area (Å²) in [5.74, 6) is -0.0291. The summed E-state index contributed by atoms with van der Waals surface area (Å²) in [5, 5.41) is 1.29.